The van der Waals surface area contributed by atoms with Crippen molar-refractivity contribution in [3.05, 3.63) is 35.4 Å². The summed E-state index contributed by atoms with van der Waals surface area (Å²) in [5, 5.41) is 8.81. The summed E-state index contributed by atoms with van der Waals surface area (Å²) in [6, 6.07) is 7.44. The zero-order valence-corrected chi connectivity index (χ0v) is 11.7. The molecule has 2 unspecified atom stereocenters. The highest BCUT2D eigenvalue weighted by Gasteiger charge is 2.45. The molecule has 2 bridgehead atoms. The van der Waals surface area contributed by atoms with Crippen LogP contribution in [0.1, 0.15) is 30.4 Å². The maximum Gasteiger partial charge on any atom is 0.232 e. The van der Waals surface area contributed by atoms with Crippen molar-refractivity contribution >= 4 is 11.8 Å². The van der Waals surface area contributed by atoms with Crippen molar-refractivity contribution in [3.8, 4) is 11.8 Å². The van der Waals surface area contributed by atoms with Crippen LogP contribution in [-0.2, 0) is 16.1 Å². The fourth-order valence-electron chi connectivity index (χ4n) is 3.22. The number of fused-ring (bicyclic) bond motifs is 2. The molecule has 2 fully saturated rings. The van der Waals surface area contributed by atoms with Gasteiger partial charge in [0.05, 0.1) is 6.54 Å². The molecular formula is C17H17NO3. The highest BCUT2D eigenvalue weighted by atomic mass is 16.2. The third kappa shape index (κ3) is 2.57. The van der Waals surface area contributed by atoms with Crippen molar-refractivity contribution in [1.82, 2.24) is 4.90 Å². The van der Waals surface area contributed by atoms with Crippen LogP contribution >= 0.6 is 0 Å². The Bertz CT molecular complexity index is 619. The SMILES string of the molecule is O=C1C2CCC(C2)C(=O)N1Cc1ccccc1C#CCO. The van der Waals surface area contributed by atoms with Crippen LogP contribution in [0.25, 0.3) is 0 Å². The van der Waals surface area contributed by atoms with Crippen LogP contribution in [-0.4, -0.2) is 28.4 Å². The van der Waals surface area contributed by atoms with Gasteiger partial charge in [0.15, 0.2) is 0 Å². The highest BCUT2D eigenvalue weighted by molar-refractivity contribution is 6.00. The van der Waals surface area contributed by atoms with Crippen LogP contribution in [0.5, 0.6) is 0 Å². The lowest BCUT2D eigenvalue weighted by atomic mass is 9.96. The zero-order chi connectivity index (χ0) is 14.8. The zero-order valence-electron chi connectivity index (χ0n) is 11.7. The van der Waals surface area contributed by atoms with Gasteiger partial charge in [0.2, 0.25) is 11.8 Å². The lowest BCUT2D eigenvalue weighted by Gasteiger charge is -2.30. The molecule has 2 amide bonds. The molecule has 1 aliphatic carbocycles. The first kappa shape index (κ1) is 13.8. The predicted octanol–water partition coefficient (Wildman–Crippen LogP) is 1.32. The van der Waals surface area contributed by atoms with Gasteiger partial charge in [-0.1, -0.05) is 30.0 Å². The van der Waals surface area contributed by atoms with Gasteiger partial charge >= 0.3 is 0 Å². The van der Waals surface area contributed by atoms with E-state index in [-0.39, 0.29) is 36.8 Å². The van der Waals surface area contributed by atoms with Crippen molar-refractivity contribution in [2.75, 3.05) is 6.61 Å². The van der Waals surface area contributed by atoms with Crippen molar-refractivity contribution in [2.45, 2.75) is 25.8 Å². The molecule has 21 heavy (non-hydrogen) atoms. The molecule has 1 aliphatic heterocycles. The predicted molar refractivity (Wildman–Crippen MR) is 76.8 cm³/mol. The summed E-state index contributed by atoms with van der Waals surface area (Å²) in [6.07, 6.45) is 2.38. The number of imide groups is 1. The van der Waals surface area contributed by atoms with Crippen LogP contribution in [0.4, 0.5) is 0 Å². The summed E-state index contributed by atoms with van der Waals surface area (Å²) < 4.78 is 0. The first-order valence-electron chi connectivity index (χ1n) is 7.23. The summed E-state index contributed by atoms with van der Waals surface area (Å²) in [5.41, 5.74) is 1.60. The van der Waals surface area contributed by atoms with Gasteiger partial charge in [0, 0.05) is 17.4 Å². The number of benzene rings is 1. The molecule has 3 rings (SSSR count). The minimum Gasteiger partial charge on any atom is -0.384 e. The largest absolute Gasteiger partial charge is 0.384 e. The fraction of sp³-hybridized carbons (Fsp3) is 0.412. The maximum absolute atomic E-state index is 12.4. The Balaban J connectivity index is 1.86. The summed E-state index contributed by atoms with van der Waals surface area (Å²) in [4.78, 5) is 26.1. The number of piperidine rings is 1. The molecule has 0 spiro atoms. The Hall–Kier alpha value is -2.12. The second kappa shape index (κ2) is 5.71. The van der Waals surface area contributed by atoms with Gasteiger partial charge in [0.25, 0.3) is 0 Å². The molecule has 2 aliphatic rings. The number of hydrogen-bond acceptors (Lipinski definition) is 3. The van der Waals surface area contributed by atoms with Gasteiger partial charge in [-0.15, -0.1) is 0 Å². The summed E-state index contributed by atoms with van der Waals surface area (Å²) in [5.74, 6) is 5.43. The van der Waals surface area contributed by atoms with Crippen LogP contribution in [0.3, 0.4) is 0 Å². The van der Waals surface area contributed by atoms with E-state index in [0.717, 1.165) is 30.4 Å². The standard InChI is InChI=1S/C17H17NO3/c19-9-3-6-12-4-1-2-5-15(12)11-18-16(20)13-7-8-14(10-13)17(18)21/h1-2,4-5,13-14,19H,7-11H2. The molecule has 108 valence electrons. The van der Waals surface area contributed by atoms with E-state index in [1.165, 1.54) is 4.90 Å². The fourth-order valence-corrected chi connectivity index (χ4v) is 3.22. The molecule has 1 aromatic carbocycles. The molecule has 1 heterocycles. The van der Waals surface area contributed by atoms with Gasteiger partial charge in [-0.2, -0.15) is 0 Å². The van der Waals surface area contributed by atoms with E-state index >= 15 is 0 Å². The summed E-state index contributed by atoms with van der Waals surface area (Å²) in [7, 11) is 0. The number of aliphatic hydroxyl groups is 1. The van der Waals surface area contributed by atoms with Crippen LogP contribution in [0.2, 0.25) is 0 Å². The first-order chi connectivity index (χ1) is 10.2. The minimum atomic E-state index is -0.208. The number of carbonyl (C=O) groups is 2. The van der Waals surface area contributed by atoms with Gasteiger partial charge in [0.1, 0.15) is 6.61 Å². The topological polar surface area (TPSA) is 57.6 Å². The average molecular weight is 283 g/mol. The van der Waals surface area contributed by atoms with E-state index in [9.17, 15) is 9.59 Å². The number of likely N-dealkylation sites (tertiary alicyclic amines) is 1. The molecule has 1 N–H and O–H groups in total. The van der Waals surface area contributed by atoms with E-state index in [1.54, 1.807) is 0 Å². The van der Waals surface area contributed by atoms with Crippen LogP contribution < -0.4 is 0 Å². The molecule has 2 atom stereocenters. The Morgan fingerprint density at radius 1 is 1.14 bits per heavy atom. The van der Waals surface area contributed by atoms with E-state index in [1.807, 2.05) is 24.3 Å². The molecular weight excluding hydrogens is 266 g/mol. The first-order valence-corrected chi connectivity index (χ1v) is 7.23. The smallest absolute Gasteiger partial charge is 0.232 e. The molecule has 4 heteroatoms. The number of aliphatic hydroxyl groups excluding tert-OH is 1. The second-order valence-corrected chi connectivity index (χ2v) is 5.59. The molecule has 1 aromatic rings. The summed E-state index contributed by atoms with van der Waals surface area (Å²) >= 11 is 0. The normalized spacial score (nSPS) is 24.0. The quantitative estimate of drug-likeness (QED) is 0.658. The van der Waals surface area contributed by atoms with Crippen LogP contribution in [0.15, 0.2) is 24.3 Å². The van der Waals surface area contributed by atoms with Gasteiger partial charge < -0.3 is 5.11 Å². The Kier molecular flexibility index (Phi) is 3.76. The van der Waals surface area contributed by atoms with Crippen LogP contribution in [0, 0.1) is 23.7 Å². The van der Waals surface area contributed by atoms with Crippen molar-refractivity contribution in [1.29, 1.82) is 0 Å². The molecule has 1 saturated heterocycles. The molecule has 0 aromatic heterocycles. The van der Waals surface area contributed by atoms with E-state index in [4.69, 9.17) is 5.11 Å². The van der Waals surface area contributed by atoms with Crippen molar-refractivity contribution in [2.24, 2.45) is 11.8 Å². The lowest BCUT2D eigenvalue weighted by molar-refractivity contribution is -0.153. The molecule has 1 saturated carbocycles. The maximum atomic E-state index is 12.4. The third-order valence-electron chi connectivity index (χ3n) is 4.31. The Labute approximate surface area is 123 Å². The number of carbonyl (C=O) groups excluding carboxylic acids is 2. The average Bonchev–Trinajstić information content (AvgIpc) is 2.96. The number of amides is 2. The Morgan fingerprint density at radius 3 is 2.48 bits per heavy atom. The van der Waals surface area contributed by atoms with E-state index < -0.39 is 0 Å². The monoisotopic (exact) mass is 283 g/mol. The van der Waals surface area contributed by atoms with Crippen molar-refractivity contribution < 1.29 is 14.7 Å². The Morgan fingerprint density at radius 2 is 1.81 bits per heavy atom. The van der Waals surface area contributed by atoms with Gasteiger partial charge in [-0.3, -0.25) is 14.5 Å². The van der Waals surface area contributed by atoms with Crippen molar-refractivity contribution in [3.63, 3.8) is 0 Å². The highest BCUT2D eigenvalue weighted by Crippen LogP contribution is 2.38. The molecule has 0 radical (unpaired) electrons. The third-order valence-corrected chi connectivity index (χ3v) is 4.31. The summed E-state index contributed by atoms with van der Waals surface area (Å²) in [6.45, 7) is 0.0704. The minimum absolute atomic E-state index is 0.0170. The van der Waals surface area contributed by atoms with Gasteiger partial charge in [-0.25, -0.2) is 0 Å². The lowest BCUT2D eigenvalue weighted by Crippen LogP contribution is -2.45. The number of rotatable bonds is 2. The van der Waals surface area contributed by atoms with E-state index in [0.29, 0.717) is 0 Å². The second-order valence-electron chi connectivity index (χ2n) is 5.59. The van der Waals surface area contributed by atoms with E-state index in [2.05, 4.69) is 11.8 Å². The number of hydrogen-bond donors (Lipinski definition) is 1. The van der Waals surface area contributed by atoms with Gasteiger partial charge in [-0.05, 0) is 30.9 Å². The molecule has 4 nitrogen and oxygen atoms in total. The number of nitrogens with zero attached hydrogens (tertiary/aromatic N) is 1.